The standard InChI is InChI=1S/C13H20O/c1-4-13(2,3)12(10-14)11-8-6-5-7-9-11/h5-9,12,14H,4,10H2,1-3H3. The average molecular weight is 192 g/mol. The molecular formula is C13H20O. The Hall–Kier alpha value is -0.820. The lowest BCUT2D eigenvalue weighted by molar-refractivity contribution is 0.168. The van der Waals surface area contributed by atoms with E-state index in [1.54, 1.807) is 0 Å². The van der Waals surface area contributed by atoms with E-state index < -0.39 is 0 Å². The van der Waals surface area contributed by atoms with Crippen molar-refractivity contribution < 1.29 is 5.11 Å². The molecular weight excluding hydrogens is 172 g/mol. The van der Waals surface area contributed by atoms with Crippen molar-refractivity contribution in [3.05, 3.63) is 35.9 Å². The minimum Gasteiger partial charge on any atom is -0.396 e. The van der Waals surface area contributed by atoms with E-state index in [2.05, 4.69) is 32.9 Å². The molecule has 1 aromatic carbocycles. The third kappa shape index (κ3) is 2.36. The van der Waals surface area contributed by atoms with Gasteiger partial charge in [0, 0.05) is 5.92 Å². The maximum atomic E-state index is 9.45. The summed E-state index contributed by atoms with van der Waals surface area (Å²) in [5.74, 6) is 0.244. The first-order valence-electron chi connectivity index (χ1n) is 5.27. The van der Waals surface area contributed by atoms with Gasteiger partial charge in [0.2, 0.25) is 0 Å². The van der Waals surface area contributed by atoms with E-state index in [4.69, 9.17) is 0 Å². The topological polar surface area (TPSA) is 20.2 Å². The molecule has 0 aliphatic rings. The molecule has 1 atom stereocenters. The molecule has 0 fully saturated rings. The van der Waals surface area contributed by atoms with E-state index in [0.717, 1.165) is 6.42 Å². The predicted molar refractivity (Wildman–Crippen MR) is 60.3 cm³/mol. The van der Waals surface area contributed by atoms with Crippen LogP contribution in [0, 0.1) is 5.41 Å². The molecule has 14 heavy (non-hydrogen) atoms. The number of aliphatic hydroxyl groups excluding tert-OH is 1. The van der Waals surface area contributed by atoms with Crippen LogP contribution in [0.25, 0.3) is 0 Å². The maximum absolute atomic E-state index is 9.45. The third-order valence-electron chi connectivity index (χ3n) is 3.24. The van der Waals surface area contributed by atoms with Crippen LogP contribution in [0.5, 0.6) is 0 Å². The summed E-state index contributed by atoms with van der Waals surface area (Å²) in [6, 6.07) is 10.3. The van der Waals surface area contributed by atoms with Crippen molar-refractivity contribution in [1.29, 1.82) is 0 Å². The zero-order valence-electron chi connectivity index (χ0n) is 9.33. The largest absolute Gasteiger partial charge is 0.396 e. The summed E-state index contributed by atoms with van der Waals surface area (Å²) in [6.45, 7) is 6.82. The van der Waals surface area contributed by atoms with Gasteiger partial charge < -0.3 is 5.11 Å². The van der Waals surface area contributed by atoms with Crippen LogP contribution in [0.15, 0.2) is 30.3 Å². The Morgan fingerprint density at radius 3 is 2.21 bits per heavy atom. The van der Waals surface area contributed by atoms with Gasteiger partial charge in [0.25, 0.3) is 0 Å². The Morgan fingerprint density at radius 2 is 1.79 bits per heavy atom. The van der Waals surface area contributed by atoms with E-state index in [0.29, 0.717) is 0 Å². The Kier molecular flexibility index (Phi) is 3.70. The smallest absolute Gasteiger partial charge is 0.0504 e. The Morgan fingerprint density at radius 1 is 1.21 bits per heavy atom. The molecule has 0 aliphatic carbocycles. The van der Waals surface area contributed by atoms with Gasteiger partial charge in [0.1, 0.15) is 0 Å². The summed E-state index contributed by atoms with van der Waals surface area (Å²) in [5, 5.41) is 9.45. The molecule has 0 spiro atoms. The average Bonchev–Trinajstić information content (AvgIpc) is 2.20. The molecule has 1 heteroatoms. The highest BCUT2D eigenvalue weighted by molar-refractivity contribution is 5.21. The second-order valence-corrected chi connectivity index (χ2v) is 4.49. The van der Waals surface area contributed by atoms with Crippen molar-refractivity contribution in [2.24, 2.45) is 5.41 Å². The summed E-state index contributed by atoms with van der Waals surface area (Å²) < 4.78 is 0. The molecule has 0 heterocycles. The van der Waals surface area contributed by atoms with Gasteiger partial charge in [-0.3, -0.25) is 0 Å². The Labute approximate surface area is 86.8 Å². The second kappa shape index (κ2) is 4.61. The maximum Gasteiger partial charge on any atom is 0.0504 e. The van der Waals surface area contributed by atoms with Crippen LogP contribution in [0.4, 0.5) is 0 Å². The summed E-state index contributed by atoms with van der Waals surface area (Å²) in [7, 11) is 0. The highest BCUT2D eigenvalue weighted by atomic mass is 16.3. The van der Waals surface area contributed by atoms with Crippen LogP contribution >= 0.6 is 0 Å². The first-order valence-corrected chi connectivity index (χ1v) is 5.27. The first kappa shape index (κ1) is 11.3. The molecule has 0 aliphatic heterocycles. The normalized spacial score (nSPS) is 14.0. The van der Waals surface area contributed by atoms with Gasteiger partial charge in [-0.05, 0) is 11.0 Å². The molecule has 1 nitrogen and oxygen atoms in total. The number of rotatable bonds is 4. The van der Waals surface area contributed by atoms with Gasteiger partial charge in [-0.1, -0.05) is 57.5 Å². The van der Waals surface area contributed by atoms with Crippen molar-refractivity contribution in [3.8, 4) is 0 Å². The lowest BCUT2D eigenvalue weighted by Crippen LogP contribution is -2.24. The SMILES string of the molecule is CCC(C)(C)C(CO)c1ccccc1. The highest BCUT2D eigenvalue weighted by Gasteiger charge is 2.28. The molecule has 78 valence electrons. The minimum atomic E-state index is 0.163. The molecule has 0 amide bonds. The highest BCUT2D eigenvalue weighted by Crippen LogP contribution is 2.37. The molecule has 1 aromatic rings. The zero-order valence-corrected chi connectivity index (χ0v) is 9.33. The van der Waals surface area contributed by atoms with Crippen molar-refractivity contribution in [1.82, 2.24) is 0 Å². The van der Waals surface area contributed by atoms with Gasteiger partial charge in [0.05, 0.1) is 6.61 Å². The first-order chi connectivity index (χ1) is 6.61. The lowest BCUT2D eigenvalue weighted by Gasteiger charge is -2.32. The van der Waals surface area contributed by atoms with Crippen molar-refractivity contribution in [3.63, 3.8) is 0 Å². The second-order valence-electron chi connectivity index (χ2n) is 4.49. The Bertz CT molecular complexity index is 264. The molecule has 0 bridgehead atoms. The summed E-state index contributed by atoms with van der Waals surface area (Å²) in [5.41, 5.74) is 1.40. The molecule has 0 saturated carbocycles. The molecule has 0 saturated heterocycles. The van der Waals surface area contributed by atoms with Crippen LogP contribution in [0.2, 0.25) is 0 Å². The van der Waals surface area contributed by atoms with E-state index in [1.807, 2.05) is 18.2 Å². The lowest BCUT2D eigenvalue weighted by atomic mass is 9.73. The third-order valence-corrected chi connectivity index (χ3v) is 3.24. The predicted octanol–water partition coefficient (Wildman–Crippen LogP) is 3.20. The van der Waals surface area contributed by atoms with Crippen molar-refractivity contribution in [2.45, 2.75) is 33.1 Å². The quantitative estimate of drug-likeness (QED) is 0.776. The fraction of sp³-hybridized carbons (Fsp3) is 0.538. The van der Waals surface area contributed by atoms with Crippen LogP contribution in [0.3, 0.4) is 0 Å². The fourth-order valence-corrected chi connectivity index (χ4v) is 1.74. The Balaban J connectivity index is 2.93. The van der Waals surface area contributed by atoms with Gasteiger partial charge in [-0.2, -0.15) is 0 Å². The monoisotopic (exact) mass is 192 g/mol. The molecule has 0 aromatic heterocycles. The van der Waals surface area contributed by atoms with Crippen molar-refractivity contribution >= 4 is 0 Å². The number of aliphatic hydroxyl groups is 1. The summed E-state index contributed by atoms with van der Waals surface area (Å²) in [4.78, 5) is 0. The fourth-order valence-electron chi connectivity index (χ4n) is 1.74. The number of hydrogen-bond acceptors (Lipinski definition) is 1. The number of benzene rings is 1. The molecule has 1 unspecified atom stereocenters. The zero-order chi connectivity index (χ0) is 10.6. The summed E-state index contributed by atoms with van der Waals surface area (Å²) >= 11 is 0. The van der Waals surface area contributed by atoms with Crippen molar-refractivity contribution in [2.75, 3.05) is 6.61 Å². The van der Waals surface area contributed by atoms with Gasteiger partial charge in [0.15, 0.2) is 0 Å². The summed E-state index contributed by atoms with van der Waals surface area (Å²) in [6.07, 6.45) is 1.08. The van der Waals surface area contributed by atoms with Gasteiger partial charge >= 0.3 is 0 Å². The van der Waals surface area contributed by atoms with Gasteiger partial charge in [-0.25, -0.2) is 0 Å². The molecule has 1 N–H and O–H groups in total. The van der Waals surface area contributed by atoms with Crippen LogP contribution in [0.1, 0.15) is 38.7 Å². The van der Waals surface area contributed by atoms with E-state index in [9.17, 15) is 5.11 Å². The molecule has 1 rings (SSSR count). The minimum absolute atomic E-state index is 0.163. The molecule has 0 radical (unpaired) electrons. The van der Waals surface area contributed by atoms with E-state index >= 15 is 0 Å². The van der Waals surface area contributed by atoms with Gasteiger partial charge in [-0.15, -0.1) is 0 Å². The van der Waals surface area contributed by atoms with Crippen LogP contribution in [-0.4, -0.2) is 11.7 Å². The number of hydrogen-bond donors (Lipinski definition) is 1. The van der Waals surface area contributed by atoms with E-state index in [1.165, 1.54) is 5.56 Å². The van der Waals surface area contributed by atoms with Crippen LogP contribution in [-0.2, 0) is 0 Å². The van der Waals surface area contributed by atoms with E-state index in [-0.39, 0.29) is 17.9 Å². The van der Waals surface area contributed by atoms with Crippen LogP contribution < -0.4 is 0 Å².